The highest BCUT2D eigenvalue weighted by molar-refractivity contribution is 5.71. The Bertz CT molecular complexity index is 557. The van der Waals surface area contributed by atoms with Crippen LogP contribution >= 0.6 is 0 Å². The summed E-state index contributed by atoms with van der Waals surface area (Å²) in [6.45, 7) is 4.29. The summed E-state index contributed by atoms with van der Waals surface area (Å²) in [5.41, 5.74) is 7.81. The first-order chi connectivity index (χ1) is 8.74. The van der Waals surface area contributed by atoms with Crippen molar-refractivity contribution in [2.45, 2.75) is 31.8 Å². The molecule has 1 aliphatic rings. The van der Waals surface area contributed by atoms with Crippen molar-refractivity contribution in [3.8, 4) is 0 Å². The van der Waals surface area contributed by atoms with Crippen molar-refractivity contribution in [1.29, 1.82) is 0 Å². The highest BCUT2D eigenvalue weighted by atomic mass is 16.5. The van der Waals surface area contributed by atoms with Crippen molar-refractivity contribution in [1.82, 2.24) is 14.5 Å². The van der Waals surface area contributed by atoms with Crippen molar-refractivity contribution in [3.63, 3.8) is 0 Å². The zero-order chi connectivity index (χ0) is 12.6. The average Bonchev–Trinajstić information content (AvgIpc) is 2.96. The number of pyridine rings is 1. The molecular formula is C13H18N4O. The molecule has 3 heterocycles. The van der Waals surface area contributed by atoms with E-state index >= 15 is 0 Å². The quantitative estimate of drug-likeness (QED) is 0.889. The van der Waals surface area contributed by atoms with Crippen LogP contribution in [-0.2, 0) is 16.8 Å². The number of aromatic nitrogens is 3. The van der Waals surface area contributed by atoms with E-state index in [2.05, 4.69) is 21.5 Å². The van der Waals surface area contributed by atoms with Crippen LogP contribution in [0, 0.1) is 0 Å². The lowest BCUT2D eigenvalue weighted by Crippen LogP contribution is -2.40. The molecule has 3 rings (SSSR count). The monoisotopic (exact) mass is 246 g/mol. The molecule has 1 saturated heterocycles. The number of fused-ring (bicyclic) bond motifs is 1. The van der Waals surface area contributed by atoms with Gasteiger partial charge in [0.05, 0.1) is 6.61 Å². The molecule has 18 heavy (non-hydrogen) atoms. The van der Waals surface area contributed by atoms with Crippen LogP contribution < -0.4 is 5.73 Å². The van der Waals surface area contributed by atoms with E-state index in [0.717, 1.165) is 36.4 Å². The van der Waals surface area contributed by atoms with Gasteiger partial charge in [-0.1, -0.05) is 6.92 Å². The molecule has 5 heteroatoms. The Morgan fingerprint density at radius 3 is 3.17 bits per heavy atom. The van der Waals surface area contributed by atoms with Crippen LogP contribution in [0.15, 0.2) is 18.3 Å². The van der Waals surface area contributed by atoms with Gasteiger partial charge in [0.2, 0.25) is 0 Å². The molecule has 1 fully saturated rings. The number of hydrogen-bond donors (Lipinski definition) is 1. The molecule has 2 aromatic rings. The Labute approximate surface area is 106 Å². The fraction of sp³-hybridized carbons (Fsp3) is 0.538. The summed E-state index contributed by atoms with van der Waals surface area (Å²) in [4.78, 5) is 9.11. The minimum atomic E-state index is -0.462. The largest absolute Gasteiger partial charge is 0.379 e. The molecule has 0 saturated carbocycles. The maximum Gasteiger partial charge on any atom is 0.160 e. The Morgan fingerprint density at radius 1 is 1.56 bits per heavy atom. The maximum absolute atomic E-state index is 6.44. The van der Waals surface area contributed by atoms with Crippen molar-refractivity contribution in [3.05, 3.63) is 24.2 Å². The van der Waals surface area contributed by atoms with Gasteiger partial charge in [-0.3, -0.25) is 0 Å². The Kier molecular flexibility index (Phi) is 2.80. The number of ether oxygens (including phenoxy) is 1. The second kappa shape index (κ2) is 4.33. The van der Waals surface area contributed by atoms with Crippen LogP contribution in [0.2, 0.25) is 0 Å². The Hall–Kier alpha value is -1.46. The van der Waals surface area contributed by atoms with Gasteiger partial charge in [0, 0.05) is 19.3 Å². The molecule has 0 aromatic carbocycles. The molecule has 1 atom stereocenters. The van der Waals surface area contributed by atoms with Gasteiger partial charge >= 0.3 is 0 Å². The molecule has 1 unspecified atom stereocenters. The lowest BCUT2D eigenvalue weighted by Gasteiger charge is -2.22. The zero-order valence-electron chi connectivity index (χ0n) is 10.6. The van der Waals surface area contributed by atoms with Crippen LogP contribution in [-0.4, -0.2) is 27.7 Å². The molecule has 96 valence electrons. The van der Waals surface area contributed by atoms with E-state index < -0.39 is 5.54 Å². The zero-order valence-corrected chi connectivity index (χ0v) is 10.6. The Morgan fingerprint density at radius 2 is 2.44 bits per heavy atom. The van der Waals surface area contributed by atoms with Gasteiger partial charge in [-0.15, -0.1) is 0 Å². The minimum absolute atomic E-state index is 0.462. The molecule has 2 N–H and O–H groups in total. The summed E-state index contributed by atoms with van der Waals surface area (Å²) in [7, 11) is 0. The second-order valence-corrected chi connectivity index (χ2v) is 4.89. The van der Waals surface area contributed by atoms with Crippen molar-refractivity contribution < 1.29 is 4.74 Å². The third kappa shape index (κ3) is 1.71. The molecule has 5 nitrogen and oxygen atoms in total. The fourth-order valence-electron chi connectivity index (χ4n) is 2.53. The lowest BCUT2D eigenvalue weighted by molar-refractivity contribution is 0.175. The van der Waals surface area contributed by atoms with Crippen molar-refractivity contribution in [2.75, 3.05) is 13.2 Å². The van der Waals surface area contributed by atoms with Crippen LogP contribution in [0.5, 0.6) is 0 Å². The van der Waals surface area contributed by atoms with Gasteiger partial charge in [-0.05, 0) is 25.0 Å². The highest BCUT2D eigenvalue weighted by Crippen LogP contribution is 2.29. The molecular weight excluding hydrogens is 228 g/mol. The summed E-state index contributed by atoms with van der Waals surface area (Å²) >= 11 is 0. The number of nitrogens with two attached hydrogens (primary N) is 1. The summed E-state index contributed by atoms with van der Waals surface area (Å²) < 4.78 is 7.59. The van der Waals surface area contributed by atoms with Gasteiger partial charge in [0.15, 0.2) is 5.65 Å². The third-order valence-corrected chi connectivity index (χ3v) is 3.45. The van der Waals surface area contributed by atoms with Crippen molar-refractivity contribution in [2.24, 2.45) is 5.73 Å². The highest BCUT2D eigenvalue weighted by Gasteiger charge is 2.37. The third-order valence-electron chi connectivity index (χ3n) is 3.45. The molecule has 0 bridgehead atoms. The predicted molar refractivity (Wildman–Crippen MR) is 69.1 cm³/mol. The van der Waals surface area contributed by atoms with Gasteiger partial charge < -0.3 is 15.0 Å². The van der Waals surface area contributed by atoms with E-state index in [-0.39, 0.29) is 0 Å². The van der Waals surface area contributed by atoms with E-state index in [0.29, 0.717) is 13.2 Å². The van der Waals surface area contributed by atoms with Crippen LogP contribution in [0.25, 0.3) is 11.2 Å². The normalized spacial score (nSPS) is 23.9. The van der Waals surface area contributed by atoms with E-state index in [9.17, 15) is 0 Å². The minimum Gasteiger partial charge on any atom is -0.379 e. The topological polar surface area (TPSA) is 66.0 Å². The molecule has 0 spiro atoms. The SMILES string of the molecule is CCCn1c(C2(N)CCOC2)nc2cccnc21. The van der Waals surface area contributed by atoms with Crippen LogP contribution in [0.1, 0.15) is 25.6 Å². The Balaban J connectivity index is 2.18. The van der Waals surface area contributed by atoms with Crippen LogP contribution in [0.3, 0.4) is 0 Å². The molecule has 2 aromatic heterocycles. The van der Waals surface area contributed by atoms with Gasteiger partial charge in [-0.25, -0.2) is 9.97 Å². The van der Waals surface area contributed by atoms with E-state index in [4.69, 9.17) is 10.5 Å². The summed E-state index contributed by atoms with van der Waals surface area (Å²) in [6, 6.07) is 3.89. The average molecular weight is 246 g/mol. The first kappa shape index (κ1) is 11.6. The molecule has 1 aliphatic heterocycles. The molecule has 0 radical (unpaired) electrons. The second-order valence-electron chi connectivity index (χ2n) is 4.89. The predicted octanol–water partition coefficient (Wildman–Crippen LogP) is 1.42. The van der Waals surface area contributed by atoms with Gasteiger partial charge in [0.25, 0.3) is 0 Å². The first-order valence-corrected chi connectivity index (χ1v) is 6.43. The first-order valence-electron chi connectivity index (χ1n) is 6.43. The number of rotatable bonds is 3. The summed E-state index contributed by atoms with van der Waals surface area (Å²) in [6.07, 6.45) is 3.65. The number of nitrogens with zero attached hydrogens (tertiary/aromatic N) is 3. The van der Waals surface area contributed by atoms with Gasteiger partial charge in [0.1, 0.15) is 16.9 Å². The summed E-state index contributed by atoms with van der Waals surface area (Å²) in [5, 5.41) is 0. The van der Waals surface area contributed by atoms with E-state index in [1.807, 2.05) is 12.1 Å². The number of aryl methyl sites for hydroxylation is 1. The number of imidazole rings is 1. The van der Waals surface area contributed by atoms with Gasteiger partial charge in [-0.2, -0.15) is 0 Å². The fourth-order valence-corrected chi connectivity index (χ4v) is 2.53. The molecule has 0 amide bonds. The van der Waals surface area contributed by atoms with E-state index in [1.165, 1.54) is 0 Å². The van der Waals surface area contributed by atoms with E-state index in [1.54, 1.807) is 6.20 Å². The maximum atomic E-state index is 6.44. The smallest absolute Gasteiger partial charge is 0.160 e. The molecule has 0 aliphatic carbocycles. The van der Waals surface area contributed by atoms with Crippen LogP contribution in [0.4, 0.5) is 0 Å². The standard InChI is InChI=1S/C13H18N4O/c1-2-7-17-11-10(4-3-6-15-11)16-12(17)13(14)5-8-18-9-13/h3-4,6H,2,5,7-9,14H2,1H3. The van der Waals surface area contributed by atoms with Crippen molar-refractivity contribution >= 4 is 11.2 Å². The summed E-state index contributed by atoms with van der Waals surface area (Å²) in [5.74, 6) is 0.913. The number of hydrogen-bond acceptors (Lipinski definition) is 4. The lowest BCUT2D eigenvalue weighted by atomic mass is 9.99.